The molecule has 7 rings (SSSR count). The first kappa shape index (κ1) is 49.3. The second-order valence-electron chi connectivity index (χ2n) is 18.5. The quantitative estimate of drug-likeness (QED) is 0.0404. The summed E-state index contributed by atoms with van der Waals surface area (Å²) in [6.45, 7) is 15.1. The minimum absolute atomic E-state index is 0.577. The van der Waals surface area contributed by atoms with Gasteiger partial charge in [-0.2, -0.15) is 8.75 Å². The maximum absolute atomic E-state index is 7.10. The van der Waals surface area contributed by atoms with E-state index in [1.807, 2.05) is 34.8 Å². The van der Waals surface area contributed by atoms with Crippen molar-refractivity contribution in [3.63, 3.8) is 0 Å². The summed E-state index contributed by atoms with van der Waals surface area (Å²) in [6, 6.07) is 13.1. The fraction of sp³-hybridized carbons (Fsp3) is 0.571. The standard InChI is InChI=1S/C56H76N2O4S3/c1-7-13-17-19-21-23-32-60-53-49(46-28-25-34-59-46)51-52(58-65-57-51)50(54(53)61-33-24-22-20-18-14-8-2)47-30-29-45(62-47)48-38-44-43(37-40(12-6)27-16-10-4)55-41(31-35-63-55)42(56(44)64-48)36-39(11-5)26-15-9-3/h25,28-31,34-35,38-40H,7-24,26-27,32-33,36-37H2,1-6H3. The molecule has 0 fully saturated rings. The maximum Gasteiger partial charge on any atom is 0.175 e. The van der Waals surface area contributed by atoms with Gasteiger partial charge in [-0.25, -0.2) is 0 Å². The van der Waals surface area contributed by atoms with Crippen LogP contribution in [-0.2, 0) is 12.8 Å². The van der Waals surface area contributed by atoms with Crippen LogP contribution in [0.2, 0.25) is 0 Å². The predicted octanol–water partition coefficient (Wildman–Crippen LogP) is 19.3. The van der Waals surface area contributed by atoms with E-state index in [4.69, 9.17) is 27.1 Å². The van der Waals surface area contributed by atoms with Crippen molar-refractivity contribution >= 4 is 65.6 Å². The van der Waals surface area contributed by atoms with Crippen LogP contribution in [0, 0.1) is 11.8 Å². The van der Waals surface area contributed by atoms with E-state index in [1.54, 1.807) is 6.26 Å². The summed E-state index contributed by atoms with van der Waals surface area (Å²) in [4.78, 5) is 1.17. The minimum Gasteiger partial charge on any atom is -0.489 e. The summed E-state index contributed by atoms with van der Waals surface area (Å²) < 4.78 is 39.8. The number of benzene rings is 2. The number of unbranched alkanes of at least 4 members (excludes halogenated alkanes) is 12. The number of thiophene rings is 2. The first-order valence-electron chi connectivity index (χ1n) is 25.7. The Hall–Kier alpha value is -3.66. The Kier molecular flexibility index (Phi) is 19.3. The van der Waals surface area contributed by atoms with Gasteiger partial charge in [0.15, 0.2) is 11.5 Å². The average Bonchev–Trinajstić information content (AvgIpc) is 4.19. The zero-order valence-electron chi connectivity index (χ0n) is 40.5. The highest BCUT2D eigenvalue weighted by Gasteiger charge is 2.31. The third-order valence-corrected chi connectivity index (χ3v) is 16.4. The molecule has 2 unspecified atom stereocenters. The summed E-state index contributed by atoms with van der Waals surface area (Å²) >= 11 is 5.08. The molecule has 0 N–H and O–H groups in total. The van der Waals surface area contributed by atoms with Crippen LogP contribution in [0.4, 0.5) is 0 Å². The van der Waals surface area contributed by atoms with E-state index in [9.17, 15) is 0 Å². The van der Waals surface area contributed by atoms with Gasteiger partial charge in [0.1, 0.15) is 28.3 Å². The van der Waals surface area contributed by atoms with Crippen molar-refractivity contribution in [2.45, 2.75) is 183 Å². The van der Waals surface area contributed by atoms with Crippen molar-refractivity contribution in [1.82, 2.24) is 8.75 Å². The van der Waals surface area contributed by atoms with E-state index in [-0.39, 0.29) is 0 Å². The van der Waals surface area contributed by atoms with Crippen molar-refractivity contribution in [3.8, 4) is 44.8 Å². The van der Waals surface area contributed by atoms with E-state index >= 15 is 0 Å². The Bertz CT molecular complexity index is 2400. The van der Waals surface area contributed by atoms with Crippen molar-refractivity contribution in [2.24, 2.45) is 11.8 Å². The van der Waals surface area contributed by atoms with Crippen LogP contribution in [0.1, 0.15) is 181 Å². The summed E-state index contributed by atoms with van der Waals surface area (Å²) in [6.07, 6.45) is 28.2. The van der Waals surface area contributed by atoms with E-state index in [2.05, 4.69) is 71.2 Å². The molecule has 0 radical (unpaired) electrons. The molecule has 0 aliphatic carbocycles. The topological polar surface area (TPSA) is 70.5 Å². The van der Waals surface area contributed by atoms with Gasteiger partial charge in [-0.15, -0.1) is 22.7 Å². The van der Waals surface area contributed by atoms with Crippen LogP contribution < -0.4 is 9.47 Å². The Morgan fingerprint density at radius 1 is 0.569 bits per heavy atom. The lowest BCUT2D eigenvalue weighted by atomic mass is 9.86. The molecule has 0 amide bonds. The zero-order valence-corrected chi connectivity index (χ0v) is 42.9. The number of hydrogen-bond donors (Lipinski definition) is 0. The van der Waals surface area contributed by atoms with Crippen molar-refractivity contribution in [3.05, 3.63) is 59.2 Å². The summed E-state index contributed by atoms with van der Waals surface area (Å²) in [7, 11) is 0. The van der Waals surface area contributed by atoms with E-state index < -0.39 is 0 Å². The summed E-state index contributed by atoms with van der Waals surface area (Å²) in [5.41, 5.74) is 6.19. The van der Waals surface area contributed by atoms with Gasteiger partial charge in [0.05, 0.1) is 47.2 Å². The highest BCUT2D eigenvalue weighted by Crippen LogP contribution is 2.52. The minimum atomic E-state index is 0.577. The predicted molar refractivity (Wildman–Crippen MR) is 281 cm³/mol. The third-order valence-electron chi connectivity index (χ3n) is 13.6. The van der Waals surface area contributed by atoms with Gasteiger partial charge in [0, 0.05) is 9.40 Å². The van der Waals surface area contributed by atoms with Crippen LogP contribution in [0.25, 0.3) is 64.5 Å². The molecule has 352 valence electrons. The largest absolute Gasteiger partial charge is 0.489 e. The van der Waals surface area contributed by atoms with Crippen LogP contribution in [0.15, 0.2) is 56.9 Å². The second-order valence-corrected chi connectivity index (χ2v) is 21.0. The highest BCUT2D eigenvalue weighted by molar-refractivity contribution is 7.23. The normalized spacial score (nSPS) is 12.9. The molecule has 0 aliphatic heterocycles. The molecule has 0 saturated heterocycles. The SMILES string of the molecule is CCCCCCCCOc1c(OCCCCCCCC)c(-c2ccc(-c3cc4c(CC(CC)CCCC)c5sccc5c(CC(CC)CCCC)c4s3)o2)c2nsnc2c1-c1ccco1. The highest BCUT2D eigenvalue weighted by atomic mass is 32.1. The second kappa shape index (κ2) is 25.5. The van der Waals surface area contributed by atoms with E-state index in [0.717, 1.165) is 72.2 Å². The van der Waals surface area contributed by atoms with Gasteiger partial charge in [-0.1, -0.05) is 157 Å². The molecule has 2 atom stereocenters. The molecule has 9 heteroatoms. The number of nitrogens with zero attached hydrogens (tertiary/aromatic N) is 2. The zero-order chi connectivity index (χ0) is 45.4. The van der Waals surface area contributed by atoms with Crippen molar-refractivity contribution < 1.29 is 18.3 Å². The molecule has 0 saturated carbocycles. The van der Waals surface area contributed by atoms with E-state index in [0.29, 0.717) is 42.3 Å². The Balaban J connectivity index is 1.33. The van der Waals surface area contributed by atoms with Crippen LogP contribution in [-0.4, -0.2) is 22.0 Å². The lowest BCUT2D eigenvalue weighted by Crippen LogP contribution is -2.06. The molecule has 0 spiro atoms. The number of fused-ring (bicyclic) bond motifs is 3. The molecule has 5 heterocycles. The number of aromatic nitrogens is 2. The molecular formula is C56H76N2O4S3. The fourth-order valence-corrected chi connectivity index (χ4v) is 12.5. The average molecular weight is 937 g/mol. The van der Waals surface area contributed by atoms with Crippen LogP contribution in [0.3, 0.4) is 0 Å². The first-order chi connectivity index (χ1) is 32.0. The number of rotatable bonds is 31. The summed E-state index contributed by atoms with van der Waals surface area (Å²) in [5.74, 6) is 4.99. The third kappa shape index (κ3) is 12.1. The van der Waals surface area contributed by atoms with Crippen LogP contribution in [0.5, 0.6) is 11.5 Å². The number of furan rings is 2. The van der Waals surface area contributed by atoms with Gasteiger partial charge < -0.3 is 18.3 Å². The smallest absolute Gasteiger partial charge is 0.175 e. The molecule has 2 aromatic carbocycles. The molecule has 0 bridgehead atoms. The first-order valence-corrected chi connectivity index (χ1v) is 28.1. The van der Waals surface area contributed by atoms with Gasteiger partial charge in [0.2, 0.25) is 0 Å². The summed E-state index contributed by atoms with van der Waals surface area (Å²) in [5, 5.41) is 5.24. The van der Waals surface area contributed by atoms with Crippen molar-refractivity contribution in [1.29, 1.82) is 0 Å². The van der Waals surface area contributed by atoms with Gasteiger partial charge >= 0.3 is 0 Å². The monoisotopic (exact) mass is 936 g/mol. The molecule has 6 nitrogen and oxygen atoms in total. The lowest BCUT2D eigenvalue weighted by Gasteiger charge is -2.20. The Morgan fingerprint density at radius 2 is 1.12 bits per heavy atom. The number of hydrogen-bond acceptors (Lipinski definition) is 9. The van der Waals surface area contributed by atoms with E-state index in [1.165, 1.54) is 151 Å². The fourth-order valence-electron chi connectivity index (χ4n) is 9.69. The molecule has 0 aliphatic rings. The van der Waals surface area contributed by atoms with Gasteiger partial charge in [-0.3, -0.25) is 0 Å². The molecule has 65 heavy (non-hydrogen) atoms. The van der Waals surface area contributed by atoms with Gasteiger partial charge in [-0.05, 0) is 101 Å². The van der Waals surface area contributed by atoms with Gasteiger partial charge in [0.25, 0.3) is 0 Å². The Labute approximate surface area is 402 Å². The molecular weight excluding hydrogens is 861 g/mol. The van der Waals surface area contributed by atoms with Crippen molar-refractivity contribution in [2.75, 3.05) is 13.2 Å². The molecule has 5 aromatic heterocycles. The van der Waals surface area contributed by atoms with Crippen LogP contribution >= 0.6 is 34.4 Å². The maximum atomic E-state index is 7.10. The Morgan fingerprint density at radius 3 is 1.69 bits per heavy atom. The lowest BCUT2D eigenvalue weighted by molar-refractivity contribution is 0.260. The molecule has 7 aromatic rings. The number of ether oxygens (including phenoxy) is 2.